The molecule has 0 radical (unpaired) electrons. The highest BCUT2D eigenvalue weighted by molar-refractivity contribution is 14.1. The SMILES string of the molecule is Cc1nc(SCC(=O)Nc2ccc(I)cc2)c(C#N)c(C)c1C. The zero-order valence-electron chi connectivity index (χ0n) is 13.1. The van der Waals surface area contributed by atoms with E-state index < -0.39 is 0 Å². The Hall–Kier alpha value is -1.59. The monoisotopic (exact) mass is 437 g/mol. The molecule has 0 saturated heterocycles. The molecule has 0 fully saturated rings. The van der Waals surface area contributed by atoms with Gasteiger partial charge in [0.05, 0.1) is 11.3 Å². The highest BCUT2D eigenvalue weighted by Gasteiger charge is 2.14. The summed E-state index contributed by atoms with van der Waals surface area (Å²) in [5.74, 6) is 0.105. The number of aryl methyl sites for hydroxylation is 1. The number of nitrogens with zero attached hydrogens (tertiary/aromatic N) is 2. The van der Waals surface area contributed by atoms with Gasteiger partial charge in [-0.2, -0.15) is 5.26 Å². The average Bonchev–Trinajstić information content (AvgIpc) is 2.53. The van der Waals surface area contributed by atoms with Gasteiger partial charge in [-0.3, -0.25) is 4.79 Å². The Kier molecular flexibility index (Phi) is 6.02. The predicted molar refractivity (Wildman–Crippen MR) is 102 cm³/mol. The van der Waals surface area contributed by atoms with Gasteiger partial charge in [0, 0.05) is 15.0 Å². The Labute approximate surface area is 153 Å². The molecule has 0 spiro atoms. The molecule has 1 heterocycles. The van der Waals surface area contributed by atoms with Crippen LogP contribution in [-0.4, -0.2) is 16.6 Å². The minimum atomic E-state index is -0.113. The van der Waals surface area contributed by atoms with Crippen LogP contribution in [0.3, 0.4) is 0 Å². The zero-order valence-corrected chi connectivity index (χ0v) is 16.1. The average molecular weight is 437 g/mol. The molecule has 2 rings (SSSR count). The van der Waals surface area contributed by atoms with E-state index in [0.29, 0.717) is 10.6 Å². The molecular formula is C17H16IN3OS. The highest BCUT2D eigenvalue weighted by Crippen LogP contribution is 2.26. The molecule has 0 saturated carbocycles. The number of nitriles is 1. The van der Waals surface area contributed by atoms with Crippen molar-refractivity contribution in [1.82, 2.24) is 4.98 Å². The topological polar surface area (TPSA) is 65.8 Å². The fraction of sp³-hybridized carbons (Fsp3) is 0.235. The molecule has 118 valence electrons. The van der Waals surface area contributed by atoms with Gasteiger partial charge in [-0.15, -0.1) is 0 Å². The van der Waals surface area contributed by atoms with Gasteiger partial charge in [0.1, 0.15) is 11.1 Å². The zero-order chi connectivity index (χ0) is 17.0. The van der Waals surface area contributed by atoms with Crippen LogP contribution in [0, 0.1) is 35.7 Å². The molecule has 4 nitrogen and oxygen atoms in total. The number of amides is 1. The van der Waals surface area contributed by atoms with Gasteiger partial charge in [-0.05, 0) is 78.8 Å². The summed E-state index contributed by atoms with van der Waals surface area (Å²) < 4.78 is 1.11. The molecule has 6 heteroatoms. The van der Waals surface area contributed by atoms with Crippen LogP contribution >= 0.6 is 34.4 Å². The summed E-state index contributed by atoms with van der Waals surface area (Å²) in [5, 5.41) is 12.8. The second-order valence-electron chi connectivity index (χ2n) is 5.08. The smallest absolute Gasteiger partial charge is 0.234 e. The van der Waals surface area contributed by atoms with E-state index in [4.69, 9.17) is 0 Å². The Morgan fingerprint density at radius 1 is 1.26 bits per heavy atom. The van der Waals surface area contributed by atoms with Gasteiger partial charge < -0.3 is 5.32 Å². The molecule has 1 aromatic heterocycles. The van der Waals surface area contributed by atoms with Crippen LogP contribution in [0.2, 0.25) is 0 Å². The van der Waals surface area contributed by atoms with Crippen molar-refractivity contribution in [3.63, 3.8) is 0 Å². The van der Waals surface area contributed by atoms with E-state index in [2.05, 4.69) is 39.0 Å². The standard InChI is InChI=1S/C17H16IN3OS/c1-10-11(2)15(8-19)17(20-12(10)3)23-9-16(22)21-14-6-4-13(18)5-7-14/h4-7H,9H2,1-3H3,(H,21,22). The van der Waals surface area contributed by atoms with Crippen molar-refractivity contribution in [3.05, 3.63) is 50.2 Å². The van der Waals surface area contributed by atoms with E-state index in [0.717, 1.165) is 26.1 Å². The molecular weight excluding hydrogens is 421 g/mol. The lowest BCUT2D eigenvalue weighted by Crippen LogP contribution is -2.14. The van der Waals surface area contributed by atoms with E-state index in [1.54, 1.807) is 0 Å². The van der Waals surface area contributed by atoms with Crippen molar-refractivity contribution < 1.29 is 4.79 Å². The summed E-state index contributed by atoms with van der Waals surface area (Å²) in [4.78, 5) is 16.5. The number of nitrogens with one attached hydrogen (secondary N) is 1. The van der Waals surface area contributed by atoms with Crippen molar-refractivity contribution in [1.29, 1.82) is 5.26 Å². The number of rotatable bonds is 4. The number of pyridine rings is 1. The number of hydrogen-bond acceptors (Lipinski definition) is 4. The summed E-state index contributed by atoms with van der Waals surface area (Å²) in [6.45, 7) is 5.79. The van der Waals surface area contributed by atoms with Gasteiger partial charge in [-0.25, -0.2) is 4.98 Å². The molecule has 1 N–H and O–H groups in total. The molecule has 1 aromatic carbocycles. The molecule has 0 aliphatic heterocycles. The lowest BCUT2D eigenvalue weighted by molar-refractivity contribution is -0.113. The molecule has 1 amide bonds. The Morgan fingerprint density at radius 3 is 2.52 bits per heavy atom. The van der Waals surface area contributed by atoms with Crippen LogP contribution in [0.25, 0.3) is 0 Å². The van der Waals surface area contributed by atoms with Gasteiger partial charge in [0.15, 0.2) is 0 Å². The second-order valence-corrected chi connectivity index (χ2v) is 7.29. The van der Waals surface area contributed by atoms with Crippen LogP contribution in [0.15, 0.2) is 29.3 Å². The molecule has 0 aliphatic rings. The van der Waals surface area contributed by atoms with Gasteiger partial charge in [0.2, 0.25) is 5.91 Å². The number of anilines is 1. The van der Waals surface area contributed by atoms with Crippen molar-refractivity contribution in [2.45, 2.75) is 25.8 Å². The molecule has 0 atom stereocenters. The maximum atomic E-state index is 12.1. The number of aromatic nitrogens is 1. The number of thioether (sulfide) groups is 1. The van der Waals surface area contributed by atoms with Crippen LogP contribution in [0.1, 0.15) is 22.4 Å². The Balaban J connectivity index is 2.07. The molecule has 0 unspecified atom stereocenters. The predicted octanol–water partition coefficient (Wildman–Crippen LogP) is 4.21. The van der Waals surface area contributed by atoms with Crippen molar-refractivity contribution in [3.8, 4) is 6.07 Å². The van der Waals surface area contributed by atoms with Gasteiger partial charge in [-0.1, -0.05) is 11.8 Å². The lowest BCUT2D eigenvalue weighted by Gasteiger charge is -2.11. The molecule has 0 aliphatic carbocycles. The van der Waals surface area contributed by atoms with E-state index in [-0.39, 0.29) is 11.7 Å². The van der Waals surface area contributed by atoms with E-state index in [9.17, 15) is 10.1 Å². The van der Waals surface area contributed by atoms with Crippen LogP contribution in [0.5, 0.6) is 0 Å². The maximum absolute atomic E-state index is 12.1. The summed E-state index contributed by atoms with van der Waals surface area (Å²) in [6.07, 6.45) is 0. The van der Waals surface area contributed by atoms with E-state index in [1.165, 1.54) is 11.8 Å². The number of carbonyl (C=O) groups excluding carboxylic acids is 1. The molecule has 2 aromatic rings. The summed E-state index contributed by atoms with van der Waals surface area (Å²) >= 11 is 3.51. The van der Waals surface area contributed by atoms with Crippen LogP contribution in [-0.2, 0) is 4.79 Å². The summed E-state index contributed by atoms with van der Waals surface area (Å²) in [6, 6.07) is 9.80. The van der Waals surface area contributed by atoms with Crippen molar-refractivity contribution in [2.24, 2.45) is 0 Å². The van der Waals surface area contributed by atoms with Gasteiger partial charge in [0.25, 0.3) is 0 Å². The van der Waals surface area contributed by atoms with E-state index >= 15 is 0 Å². The summed E-state index contributed by atoms with van der Waals surface area (Å²) in [5.41, 5.74) is 4.16. The number of halogens is 1. The first-order chi connectivity index (χ1) is 10.9. The fourth-order valence-corrected chi connectivity index (χ4v) is 3.26. The largest absolute Gasteiger partial charge is 0.325 e. The number of benzene rings is 1. The molecule has 0 bridgehead atoms. The summed E-state index contributed by atoms with van der Waals surface area (Å²) in [7, 11) is 0. The first kappa shape index (κ1) is 17.8. The fourth-order valence-electron chi connectivity index (χ4n) is 2.01. The second kappa shape index (κ2) is 7.79. The normalized spacial score (nSPS) is 10.2. The van der Waals surface area contributed by atoms with Gasteiger partial charge >= 0.3 is 0 Å². The first-order valence-electron chi connectivity index (χ1n) is 6.98. The minimum Gasteiger partial charge on any atom is -0.325 e. The number of hydrogen-bond donors (Lipinski definition) is 1. The third-order valence-corrected chi connectivity index (χ3v) is 5.24. The lowest BCUT2D eigenvalue weighted by atomic mass is 10.1. The Bertz CT molecular complexity index is 782. The first-order valence-corrected chi connectivity index (χ1v) is 9.05. The van der Waals surface area contributed by atoms with Crippen LogP contribution < -0.4 is 5.32 Å². The highest BCUT2D eigenvalue weighted by atomic mass is 127. The minimum absolute atomic E-state index is 0.113. The number of carbonyl (C=O) groups is 1. The quantitative estimate of drug-likeness (QED) is 0.575. The van der Waals surface area contributed by atoms with E-state index in [1.807, 2.05) is 45.0 Å². The molecule has 23 heavy (non-hydrogen) atoms. The maximum Gasteiger partial charge on any atom is 0.234 e. The third-order valence-electron chi connectivity index (χ3n) is 3.54. The van der Waals surface area contributed by atoms with Crippen LogP contribution in [0.4, 0.5) is 5.69 Å². The van der Waals surface area contributed by atoms with Crippen molar-refractivity contribution >= 4 is 45.9 Å². The Morgan fingerprint density at radius 2 is 1.91 bits per heavy atom. The van der Waals surface area contributed by atoms with Crippen molar-refractivity contribution in [2.75, 3.05) is 11.1 Å². The third kappa shape index (κ3) is 4.45.